The van der Waals surface area contributed by atoms with Crippen LogP contribution in [0.4, 0.5) is 0 Å². The molecule has 1 N–H and O–H groups in total. The van der Waals surface area contributed by atoms with Crippen LogP contribution in [0.15, 0.2) is 91.0 Å². The van der Waals surface area contributed by atoms with Crippen LogP contribution in [0.5, 0.6) is 0 Å². The van der Waals surface area contributed by atoms with Crippen molar-refractivity contribution in [1.29, 1.82) is 0 Å². The van der Waals surface area contributed by atoms with Crippen LogP contribution in [-0.2, 0) is 24.1 Å². The van der Waals surface area contributed by atoms with E-state index in [1.807, 2.05) is 91.0 Å². The summed E-state index contributed by atoms with van der Waals surface area (Å²) in [4.78, 5) is 12.4. The number of rotatable bonds is 7. The topological polar surface area (TPSA) is 37.3 Å². The first-order valence-electron chi connectivity index (χ1n) is 8.53. The third-order valence-electron chi connectivity index (χ3n) is 4.61. The summed E-state index contributed by atoms with van der Waals surface area (Å²) in [6.07, 6.45) is 1.52. The molecule has 2 nitrogen and oxygen atoms in total. The lowest BCUT2D eigenvalue weighted by molar-refractivity contribution is -0.149. The molecule has 0 spiro atoms. The van der Waals surface area contributed by atoms with E-state index >= 15 is 0 Å². The van der Waals surface area contributed by atoms with Crippen molar-refractivity contribution in [3.8, 4) is 0 Å². The van der Waals surface area contributed by atoms with Gasteiger partial charge in [0.15, 0.2) is 0 Å². The molecule has 0 aliphatic rings. The van der Waals surface area contributed by atoms with Gasteiger partial charge in [0, 0.05) is 0 Å². The van der Waals surface area contributed by atoms with Crippen molar-refractivity contribution in [3.63, 3.8) is 0 Å². The molecular weight excluding hydrogens is 308 g/mol. The number of benzene rings is 3. The van der Waals surface area contributed by atoms with Gasteiger partial charge < -0.3 is 5.11 Å². The Hall–Kier alpha value is -2.87. The van der Waals surface area contributed by atoms with Crippen LogP contribution in [0.25, 0.3) is 0 Å². The largest absolute Gasteiger partial charge is 0.481 e. The molecule has 3 aromatic rings. The Morgan fingerprint density at radius 1 is 0.600 bits per heavy atom. The average molecular weight is 330 g/mol. The molecule has 3 aromatic carbocycles. The van der Waals surface area contributed by atoms with Gasteiger partial charge in [-0.15, -0.1) is 0 Å². The van der Waals surface area contributed by atoms with Crippen LogP contribution in [-0.4, -0.2) is 11.1 Å². The minimum atomic E-state index is -0.871. The van der Waals surface area contributed by atoms with Gasteiger partial charge in [0.05, 0.1) is 5.41 Å². The van der Waals surface area contributed by atoms with E-state index < -0.39 is 11.4 Å². The maximum atomic E-state index is 12.4. The Morgan fingerprint density at radius 3 is 1.12 bits per heavy atom. The fraction of sp³-hybridized carbons (Fsp3) is 0.174. The first-order chi connectivity index (χ1) is 12.2. The van der Waals surface area contributed by atoms with E-state index in [-0.39, 0.29) is 0 Å². The molecule has 0 bridgehead atoms. The van der Waals surface area contributed by atoms with Crippen molar-refractivity contribution < 1.29 is 9.90 Å². The molecule has 25 heavy (non-hydrogen) atoms. The molecule has 0 amide bonds. The minimum absolute atomic E-state index is 0.507. The van der Waals surface area contributed by atoms with Gasteiger partial charge in [-0.05, 0) is 36.0 Å². The van der Waals surface area contributed by atoms with Crippen molar-refractivity contribution in [2.45, 2.75) is 19.3 Å². The van der Waals surface area contributed by atoms with Gasteiger partial charge in [0.2, 0.25) is 0 Å². The van der Waals surface area contributed by atoms with E-state index in [1.165, 1.54) is 0 Å². The number of carbonyl (C=O) groups is 1. The minimum Gasteiger partial charge on any atom is -0.481 e. The molecule has 0 aliphatic carbocycles. The first-order valence-corrected chi connectivity index (χ1v) is 8.53. The molecule has 126 valence electrons. The standard InChI is InChI=1S/C23H22O2/c24-22(25)23(16-19-10-4-1-5-11-19,17-20-12-6-2-7-13-20)18-21-14-8-3-9-15-21/h1-15H,16-18H2,(H,24,25). The zero-order valence-corrected chi connectivity index (χ0v) is 14.1. The number of carboxylic acid groups (broad SMARTS) is 1. The van der Waals surface area contributed by atoms with Gasteiger partial charge in [-0.3, -0.25) is 4.79 Å². The highest BCUT2D eigenvalue weighted by Gasteiger charge is 2.39. The van der Waals surface area contributed by atoms with Crippen molar-refractivity contribution in [2.24, 2.45) is 5.41 Å². The summed E-state index contributed by atoms with van der Waals surface area (Å²) in [6, 6.07) is 29.7. The highest BCUT2D eigenvalue weighted by molar-refractivity contribution is 5.76. The van der Waals surface area contributed by atoms with E-state index in [2.05, 4.69) is 0 Å². The van der Waals surface area contributed by atoms with Gasteiger partial charge in [0.25, 0.3) is 0 Å². The van der Waals surface area contributed by atoms with E-state index in [4.69, 9.17) is 0 Å². The summed E-state index contributed by atoms with van der Waals surface area (Å²) in [5, 5.41) is 10.2. The molecular formula is C23H22O2. The van der Waals surface area contributed by atoms with E-state index in [0.29, 0.717) is 19.3 Å². The lowest BCUT2D eigenvalue weighted by Gasteiger charge is -2.30. The van der Waals surface area contributed by atoms with Crippen molar-refractivity contribution in [1.82, 2.24) is 0 Å². The molecule has 0 aromatic heterocycles. The summed E-state index contributed by atoms with van der Waals surface area (Å²) in [7, 11) is 0. The van der Waals surface area contributed by atoms with Crippen LogP contribution in [0, 0.1) is 5.41 Å². The number of hydrogen-bond donors (Lipinski definition) is 1. The zero-order chi connectivity index (χ0) is 17.5. The highest BCUT2D eigenvalue weighted by Crippen LogP contribution is 2.33. The van der Waals surface area contributed by atoms with E-state index in [0.717, 1.165) is 16.7 Å². The molecule has 3 rings (SSSR count). The third-order valence-corrected chi connectivity index (χ3v) is 4.61. The summed E-state index contributed by atoms with van der Waals surface area (Å²) in [5.74, 6) is -0.746. The van der Waals surface area contributed by atoms with Gasteiger partial charge >= 0.3 is 5.97 Å². The maximum Gasteiger partial charge on any atom is 0.310 e. The Morgan fingerprint density at radius 2 is 0.880 bits per heavy atom. The molecule has 0 aliphatic heterocycles. The second kappa shape index (κ2) is 7.80. The summed E-state index contributed by atoms with van der Waals surface area (Å²) in [6.45, 7) is 0. The van der Waals surface area contributed by atoms with Gasteiger partial charge in [-0.1, -0.05) is 91.0 Å². The first kappa shape index (κ1) is 17.0. The van der Waals surface area contributed by atoms with Gasteiger partial charge in [0.1, 0.15) is 0 Å². The normalized spacial score (nSPS) is 11.2. The van der Waals surface area contributed by atoms with Gasteiger partial charge in [-0.2, -0.15) is 0 Å². The molecule has 0 unspecified atom stereocenters. The molecule has 0 saturated heterocycles. The van der Waals surface area contributed by atoms with Crippen molar-refractivity contribution in [3.05, 3.63) is 108 Å². The Balaban J connectivity index is 1.99. The molecule has 0 heterocycles. The second-order valence-electron chi connectivity index (χ2n) is 6.57. The maximum absolute atomic E-state index is 12.4. The molecule has 0 saturated carbocycles. The van der Waals surface area contributed by atoms with Crippen LogP contribution in [0.2, 0.25) is 0 Å². The smallest absolute Gasteiger partial charge is 0.310 e. The Kier molecular flexibility index (Phi) is 5.30. The van der Waals surface area contributed by atoms with Crippen LogP contribution in [0.3, 0.4) is 0 Å². The predicted octanol–water partition coefficient (Wildman–Crippen LogP) is 4.79. The summed E-state index contributed by atoms with van der Waals surface area (Å²) < 4.78 is 0. The highest BCUT2D eigenvalue weighted by atomic mass is 16.4. The molecule has 2 heteroatoms. The number of aliphatic carboxylic acids is 1. The second-order valence-corrected chi connectivity index (χ2v) is 6.57. The predicted molar refractivity (Wildman–Crippen MR) is 101 cm³/mol. The summed E-state index contributed by atoms with van der Waals surface area (Å²) in [5.41, 5.74) is 2.29. The summed E-state index contributed by atoms with van der Waals surface area (Å²) >= 11 is 0. The van der Waals surface area contributed by atoms with E-state index in [9.17, 15) is 9.90 Å². The van der Waals surface area contributed by atoms with Crippen molar-refractivity contribution in [2.75, 3.05) is 0 Å². The molecule has 0 fully saturated rings. The van der Waals surface area contributed by atoms with Crippen LogP contribution in [0.1, 0.15) is 16.7 Å². The average Bonchev–Trinajstić information content (AvgIpc) is 2.64. The Bertz CT molecular complexity index is 694. The Labute approximate surface area is 148 Å². The van der Waals surface area contributed by atoms with Gasteiger partial charge in [-0.25, -0.2) is 0 Å². The quantitative estimate of drug-likeness (QED) is 0.676. The number of carboxylic acids is 1. The zero-order valence-electron chi connectivity index (χ0n) is 14.1. The van der Waals surface area contributed by atoms with Crippen LogP contribution < -0.4 is 0 Å². The lowest BCUT2D eigenvalue weighted by atomic mass is 9.72. The molecule has 0 atom stereocenters. The SMILES string of the molecule is O=C(O)C(Cc1ccccc1)(Cc1ccccc1)Cc1ccccc1. The fourth-order valence-electron chi connectivity index (χ4n) is 3.37. The number of hydrogen-bond acceptors (Lipinski definition) is 1. The molecule has 0 radical (unpaired) electrons. The fourth-order valence-corrected chi connectivity index (χ4v) is 3.37. The lowest BCUT2D eigenvalue weighted by Crippen LogP contribution is -2.38. The monoisotopic (exact) mass is 330 g/mol. The van der Waals surface area contributed by atoms with Crippen molar-refractivity contribution >= 4 is 5.97 Å². The van der Waals surface area contributed by atoms with Crippen LogP contribution >= 0.6 is 0 Å². The third kappa shape index (κ3) is 4.36. The van der Waals surface area contributed by atoms with E-state index in [1.54, 1.807) is 0 Å².